The summed E-state index contributed by atoms with van der Waals surface area (Å²) >= 11 is 3.05. The summed E-state index contributed by atoms with van der Waals surface area (Å²) in [6, 6.07) is 16.5. The third-order valence-corrected chi connectivity index (χ3v) is 6.43. The first-order valence-corrected chi connectivity index (χ1v) is 10.7. The normalized spacial score (nSPS) is 19.1. The van der Waals surface area contributed by atoms with Crippen molar-refractivity contribution in [1.82, 2.24) is 4.90 Å². The van der Waals surface area contributed by atoms with E-state index >= 15 is 0 Å². The first-order chi connectivity index (χ1) is 13.5. The third kappa shape index (κ3) is 3.65. The van der Waals surface area contributed by atoms with Crippen LogP contribution in [0.1, 0.15) is 30.4 Å². The molecule has 4 rings (SSSR count). The molecule has 0 N–H and O–H groups in total. The van der Waals surface area contributed by atoms with Crippen molar-refractivity contribution in [3.63, 3.8) is 0 Å². The topological polar surface area (TPSA) is 26.8 Å². The van der Waals surface area contributed by atoms with Crippen LogP contribution in [0.3, 0.4) is 0 Å². The molecule has 1 amide bonds. The Hall–Kier alpha value is -2.36. The van der Waals surface area contributed by atoms with Gasteiger partial charge >= 0.3 is 175 Å². The van der Waals surface area contributed by atoms with Crippen molar-refractivity contribution in [2.75, 3.05) is 29.9 Å². The zero-order valence-corrected chi connectivity index (χ0v) is 18.1. The molecule has 2 aromatic rings. The van der Waals surface area contributed by atoms with Crippen LogP contribution in [-0.2, 0) is 4.79 Å². The fraction of sp³-hybridized carbons (Fsp3) is 0.304. The van der Waals surface area contributed by atoms with E-state index < -0.39 is 0 Å². The van der Waals surface area contributed by atoms with Crippen molar-refractivity contribution in [1.29, 1.82) is 0 Å². The molecule has 28 heavy (non-hydrogen) atoms. The molecule has 2 aromatic carbocycles. The number of carbonyl (C=O) groups excluding carboxylic acids is 1. The average Bonchev–Trinajstić information content (AvgIpc) is 2.93. The van der Waals surface area contributed by atoms with E-state index in [-0.39, 0.29) is 5.91 Å². The fourth-order valence-electron chi connectivity index (χ4n) is 3.77. The molecule has 0 radical (unpaired) electrons. The third-order valence-electron chi connectivity index (χ3n) is 5.47. The molecule has 2 aliphatic rings. The average molecular weight is 438 g/mol. The van der Waals surface area contributed by atoms with Crippen LogP contribution in [0.25, 0.3) is 6.08 Å². The summed E-state index contributed by atoms with van der Waals surface area (Å²) in [4.78, 5) is 19.2. The summed E-state index contributed by atoms with van der Waals surface area (Å²) in [7, 11) is 1.92. The van der Waals surface area contributed by atoms with Gasteiger partial charge in [-0.3, -0.25) is 0 Å². The van der Waals surface area contributed by atoms with E-state index in [2.05, 4.69) is 44.7 Å². The molecular formula is C23H25N3OSe. The molecule has 0 aromatic heterocycles. The Morgan fingerprint density at radius 2 is 1.50 bits per heavy atom. The van der Waals surface area contributed by atoms with Crippen LogP contribution >= 0.6 is 0 Å². The number of anilines is 2. The van der Waals surface area contributed by atoms with Gasteiger partial charge in [-0.05, 0) is 0 Å². The van der Waals surface area contributed by atoms with Gasteiger partial charge in [0.05, 0.1) is 0 Å². The van der Waals surface area contributed by atoms with Crippen molar-refractivity contribution >= 4 is 43.6 Å². The van der Waals surface area contributed by atoms with Gasteiger partial charge in [0.15, 0.2) is 0 Å². The monoisotopic (exact) mass is 439 g/mol. The summed E-state index contributed by atoms with van der Waals surface area (Å²) < 4.78 is 0.796. The van der Waals surface area contributed by atoms with Gasteiger partial charge in [-0.25, -0.2) is 0 Å². The molecule has 4 nitrogen and oxygen atoms in total. The van der Waals surface area contributed by atoms with Crippen molar-refractivity contribution in [2.45, 2.75) is 26.2 Å². The number of rotatable bonds is 3. The van der Waals surface area contributed by atoms with Gasteiger partial charge in [-0.2, -0.15) is 0 Å². The molecule has 0 unspecified atom stereocenters. The van der Waals surface area contributed by atoms with Crippen LogP contribution in [0.5, 0.6) is 0 Å². The molecule has 2 heterocycles. The molecule has 0 saturated carbocycles. The van der Waals surface area contributed by atoms with Gasteiger partial charge in [0.2, 0.25) is 0 Å². The van der Waals surface area contributed by atoms with Gasteiger partial charge in [0.1, 0.15) is 0 Å². The molecule has 0 bridgehead atoms. The molecule has 5 heteroatoms. The quantitative estimate of drug-likeness (QED) is 0.542. The number of aryl methyl sites for hydroxylation is 1. The number of carbonyl (C=O) groups is 1. The first kappa shape index (κ1) is 19.0. The number of benzene rings is 2. The number of nitrogens with zero attached hydrogens (tertiary/aromatic N) is 3. The maximum absolute atomic E-state index is 13.1. The van der Waals surface area contributed by atoms with Gasteiger partial charge in [-0.15, -0.1) is 0 Å². The molecule has 0 spiro atoms. The van der Waals surface area contributed by atoms with Gasteiger partial charge in [-0.1, -0.05) is 0 Å². The Kier molecular flexibility index (Phi) is 5.38. The number of amides is 1. The Morgan fingerprint density at radius 1 is 0.893 bits per heavy atom. The first-order valence-electron chi connectivity index (χ1n) is 9.80. The van der Waals surface area contributed by atoms with E-state index in [1.165, 1.54) is 30.5 Å². The minimum absolute atomic E-state index is 0.0137. The van der Waals surface area contributed by atoms with Crippen LogP contribution in [0.2, 0.25) is 0 Å². The predicted octanol–water partition coefficient (Wildman–Crippen LogP) is 3.56. The summed E-state index contributed by atoms with van der Waals surface area (Å²) in [6.07, 6.45) is 5.84. The van der Waals surface area contributed by atoms with Crippen molar-refractivity contribution in [3.8, 4) is 0 Å². The van der Waals surface area contributed by atoms with Crippen LogP contribution in [-0.4, -0.2) is 51.2 Å². The van der Waals surface area contributed by atoms with Crippen LogP contribution in [0.15, 0.2) is 54.2 Å². The molecule has 2 saturated heterocycles. The Balaban J connectivity index is 1.57. The molecule has 2 fully saturated rings. The maximum atomic E-state index is 13.1. The number of piperidine rings is 1. The van der Waals surface area contributed by atoms with Crippen LogP contribution in [0, 0.1) is 6.92 Å². The zero-order chi connectivity index (χ0) is 19.7. The summed E-state index contributed by atoms with van der Waals surface area (Å²) in [6.45, 7) is 4.32. The number of likely N-dealkylation sites (N-methyl/N-ethyl adjacent to an activating group) is 1. The summed E-state index contributed by atoms with van der Waals surface area (Å²) in [5, 5.41) is 0. The predicted molar refractivity (Wildman–Crippen MR) is 118 cm³/mol. The molecular weight excluding hydrogens is 413 g/mol. The SMILES string of the molecule is Cc1ccc(N2C(=O)/C(=C\c3ccc(N4CCCCC4)cc3)N(C)C2=[Se])cc1. The van der Waals surface area contributed by atoms with Crippen molar-refractivity contribution in [3.05, 3.63) is 65.4 Å². The molecule has 2 aliphatic heterocycles. The van der Waals surface area contributed by atoms with Crippen LogP contribution < -0.4 is 9.80 Å². The second-order valence-corrected chi connectivity index (χ2v) is 8.25. The van der Waals surface area contributed by atoms with E-state index in [1.807, 2.05) is 49.2 Å². The molecule has 0 atom stereocenters. The van der Waals surface area contributed by atoms with Gasteiger partial charge in [0.25, 0.3) is 0 Å². The van der Waals surface area contributed by atoms with E-state index in [4.69, 9.17) is 0 Å². The second kappa shape index (κ2) is 7.94. The van der Waals surface area contributed by atoms with E-state index in [0.717, 1.165) is 29.0 Å². The second-order valence-electron chi connectivity index (χ2n) is 7.49. The fourth-order valence-corrected chi connectivity index (χ4v) is 4.37. The summed E-state index contributed by atoms with van der Waals surface area (Å²) in [5.74, 6) is -0.0137. The number of hydrogen-bond acceptors (Lipinski definition) is 3. The Labute approximate surface area is 174 Å². The minimum atomic E-state index is -0.0137. The van der Waals surface area contributed by atoms with E-state index in [9.17, 15) is 4.79 Å². The van der Waals surface area contributed by atoms with Crippen molar-refractivity contribution in [2.24, 2.45) is 0 Å². The standard InChI is InChI=1S/C23H25N3OSe/c1-17-6-10-20(11-7-17)26-22(27)21(24(2)23(26)28)16-18-8-12-19(13-9-18)25-14-4-3-5-15-25/h6-13,16H,3-5,14-15H2,1-2H3/b21-16+. The molecule has 0 aliphatic carbocycles. The van der Waals surface area contributed by atoms with Gasteiger partial charge in [0, 0.05) is 0 Å². The Morgan fingerprint density at radius 3 is 2.14 bits per heavy atom. The van der Waals surface area contributed by atoms with Crippen molar-refractivity contribution < 1.29 is 4.79 Å². The van der Waals surface area contributed by atoms with Crippen LogP contribution in [0.4, 0.5) is 11.4 Å². The Bertz CT molecular complexity index is 912. The number of hydrogen-bond donors (Lipinski definition) is 0. The zero-order valence-electron chi connectivity index (χ0n) is 16.4. The van der Waals surface area contributed by atoms with Gasteiger partial charge < -0.3 is 0 Å². The van der Waals surface area contributed by atoms with E-state index in [0.29, 0.717) is 5.70 Å². The summed E-state index contributed by atoms with van der Waals surface area (Å²) in [5.41, 5.74) is 5.02. The van der Waals surface area contributed by atoms with E-state index in [1.54, 1.807) is 4.90 Å². The molecule has 144 valence electrons.